The van der Waals surface area contributed by atoms with Crippen LogP contribution in [0.2, 0.25) is 0 Å². The van der Waals surface area contributed by atoms with Crippen LogP contribution in [0.4, 0.5) is 0 Å². The molecule has 0 aromatic carbocycles. The van der Waals surface area contributed by atoms with Gasteiger partial charge in [-0.15, -0.1) is 11.8 Å². The third-order valence-electron chi connectivity index (χ3n) is 4.81. The lowest BCUT2D eigenvalue weighted by atomic mass is 10.1. The first-order chi connectivity index (χ1) is 13.0. The lowest BCUT2D eigenvalue weighted by Crippen LogP contribution is -2.35. The number of hydrogen-bond donors (Lipinski definition) is 0. The van der Waals surface area contributed by atoms with Crippen LogP contribution in [0.15, 0.2) is 11.2 Å². The minimum Gasteiger partial charge on any atom is -0.259 e. The summed E-state index contributed by atoms with van der Waals surface area (Å²) in [6, 6.07) is 0. The summed E-state index contributed by atoms with van der Waals surface area (Å²) < 4.78 is 26.3. The molecule has 0 saturated carbocycles. The zero-order valence-corrected chi connectivity index (χ0v) is 18.4. The Bertz CT molecular complexity index is 550. The number of nitrogens with zero attached hydrogens (tertiary/aromatic N) is 2. The maximum Gasteiger partial charge on any atom is 0.265 e. The van der Waals surface area contributed by atoms with Crippen molar-refractivity contribution < 1.29 is 13.3 Å². The third kappa shape index (κ3) is 11.0. The molecule has 1 aliphatic heterocycles. The van der Waals surface area contributed by atoms with E-state index in [9.17, 15) is 18.5 Å². The van der Waals surface area contributed by atoms with Crippen molar-refractivity contribution in [2.24, 2.45) is 0 Å². The molecule has 0 atom stereocenters. The summed E-state index contributed by atoms with van der Waals surface area (Å²) in [5.41, 5.74) is 0. The van der Waals surface area contributed by atoms with Gasteiger partial charge in [-0.25, -0.2) is 8.42 Å². The Balaban J connectivity index is 2.15. The van der Waals surface area contributed by atoms with Crippen LogP contribution < -0.4 is 0 Å². The van der Waals surface area contributed by atoms with Gasteiger partial charge in [0, 0.05) is 12.3 Å². The Morgan fingerprint density at radius 2 is 1.52 bits per heavy atom. The molecule has 1 rings (SSSR count). The first kappa shape index (κ1) is 24.3. The summed E-state index contributed by atoms with van der Waals surface area (Å²) in [5, 5.41) is 11.0. The van der Waals surface area contributed by atoms with Gasteiger partial charge in [-0.3, -0.25) is 14.4 Å². The SMILES string of the molecule is CCCCCCCCCCCCCCS(=O)(=O)N1CCCSC1=C[N+](=O)[O-]. The van der Waals surface area contributed by atoms with Crippen LogP contribution in [0.25, 0.3) is 0 Å². The van der Waals surface area contributed by atoms with Gasteiger partial charge in [0.25, 0.3) is 6.20 Å². The minimum absolute atomic E-state index is 0.0834. The Labute approximate surface area is 169 Å². The van der Waals surface area contributed by atoms with Crippen LogP contribution in [0.5, 0.6) is 0 Å². The normalized spacial score (nSPS) is 16.8. The van der Waals surface area contributed by atoms with Gasteiger partial charge in [0.2, 0.25) is 10.0 Å². The van der Waals surface area contributed by atoms with Crippen molar-refractivity contribution in [1.29, 1.82) is 0 Å². The standard InChI is InChI=1S/C19H36N2O4S2/c1-2-3-4-5-6-7-8-9-10-11-12-13-17-27(24,25)20-15-14-16-26-19(20)18-21(22)23/h18H,2-17H2,1H3. The molecule has 0 aliphatic carbocycles. The molecule has 158 valence electrons. The van der Waals surface area contributed by atoms with Gasteiger partial charge in [0.15, 0.2) is 5.03 Å². The van der Waals surface area contributed by atoms with Crippen LogP contribution in [0, 0.1) is 10.1 Å². The zero-order chi connectivity index (χ0) is 20.0. The average molecular weight is 421 g/mol. The maximum atomic E-state index is 12.5. The molecule has 0 radical (unpaired) electrons. The van der Waals surface area contributed by atoms with E-state index in [0.29, 0.717) is 13.0 Å². The molecule has 1 heterocycles. The van der Waals surface area contributed by atoms with Crippen molar-refractivity contribution >= 4 is 21.8 Å². The predicted octanol–water partition coefficient (Wildman–Crippen LogP) is 5.53. The summed E-state index contributed by atoms with van der Waals surface area (Å²) >= 11 is 1.25. The maximum absolute atomic E-state index is 12.5. The molecule has 27 heavy (non-hydrogen) atoms. The molecule has 1 fully saturated rings. The number of sulfonamides is 1. The quantitative estimate of drug-likeness (QED) is 0.198. The Morgan fingerprint density at radius 3 is 2.04 bits per heavy atom. The topological polar surface area (TPSA) is 80.5 Å². The molecule has 0 aromatic rings. The average Bonchev–Trinajstić information content (AvgIpc) is 2.62. The van der Waals surface area contributed by atoms with E-state index in [-0.39, 0.29) is 10.8 Å². The third-order valence-corrected chi connectivity index (χ3v) is 7.89. The van der Waals surface area contributed by atoms with Crippen molar-refractivity contribution in [3.8, 4) is 0 Å². The zero-order valence-electron chi connectivity index (χ0n) is 16.7. The van der Waals surface area contributed by atoms with Crippen LogP contribution in [0.1, 0.15) is 90.4 Å². The summed E-state index contributed by atoms with van der Waals surface area (Å²) in [7, 11) is -3.45. The number of thioether (sulfide) groups is 1. The van der Waals surface area contributed by atoms with Crippen molar-refractivity contribution in [1.82, 2.24) is 4.31 Å². The van der Waals surface area contributed by atoms with Gasteiger partial charge in [0.05, 0.1) is 10.7 Å². The molecule has 0 N–H and O–H groups in total. The molecule has 8 heteroatoms. The minimum atomic E-state index is -3.45. The predicted molar refractivity (Wildman–Crippen MR) is 114 cm³/mol. The van der Waals surface area contributed by atoms with Crippen LogP contribution in [-0.2, 0) is 10.0 Å². The molecular weight excluding hydrogens is 384 g/mol. The van der Waals surface area contributed by atoms with Crippen LogP contribution >= 0.6 is 11.8 Å². The molecule has 1 saturated heterocycles. The van der Waals surface area contributed by atoms with Gasteiger partial charge in [-0.1, -0.05) is 77.6 Å². The lowest BCUT2D eigenvalue weighted by molar-refractivity contribution is -0.403. The highest BCUT2D eigenvalue weighted by atomic mass is 32.2. The highest BCUT2D eigenvalue weighted by Gasteiger charge is 2.29. The second kappa shape index (κ2) is 14.3. The second-order valence-electron chi connectivity index (χ2n) is 7.23. The molecule has 0 unspecified atom stereocenters. The van der Waals surface area contributed by atoms with Gasteiger partial charge in [-0.05, 0) is 12.8 Å². The largest absolute Gasteiger partial charge is 0.265 e. The van der Waals surface area contributed by atoms with Gasteiger partial charge in [0.1, 0.15) is 0 Å². The number of rotatable bonds is 15. The van der Waals surface area contributed by atoms with E-state index in [1.807, 2.05) is 0 Å². The molecule has 0 amide bonds. The lowest BCUT2D eigenvalue weighted by Gasteiger charge is -2.28. The van der Waals surface area contributed by atoms with Crippen molar-refractivity contribution in [3.05, 3.63) is 21.3 Å². The molecule has 0 spiro atoms. The molecule has 0 aromatic heterocycles. The number of nitro groups is 1. The van der Waals surface area contributed by atoms with Crippen LogP contribution in [-0.4, -0.2) is 35.7 Å². The van der Waals surface area contributed by atoms with Crippen molar-refractivity contribution in [2.45, 2.75) is 90.4 Å². The summed E-state index contributed by atoms with van der Waals surface area (Å²) in [6.45, 7) is 2.59. The molecule has 0 bridgehead atoms. The highest BCUT2D eigenvalue weighted by Crippen LogP contribution is 2.29. The van der Waals surface area contributed by atoms with Gasteiger partial charge >= 0.3 is 0 Å². The van der Waals surface area contributed by atoms with E-state index in [4.69, 9.17) is 0 Å². The summed E-state index contributed by atoms with van der Waals surface area (Å²) in [6.07, 6.45) is 15.9. The first-order valence-electron chi connectivity index (χ1n) is 10.5. The number of unbranched alkanes of at least 4 members (excludes halogenated alkanes) is 11. The summed E-state index contributed by atoms with van der Waals surface area (Å²) in [5.74, 6) is 0.810. The molecule has 6 nitrogen and oxygen atoms in total. The molecule has 1 aliphatic rings. The Kier molecular flexibility index (Phi) is 12.8. The van der Waals surface area contributed by atoms with E-state index in [0.717, 1.165) is 31.2 Å². The Morgan fingerprint density at radius 1 is 1.00 bits per heavy atom. The van der Waals surface area contributed by atoms with E-state index < -0.39 is 14.9 Å². The number of hydrogen-bond acceptors (Lipinski definition) is 5. The van der Waals surface area contributed by atoms with Gasteiger partial charge < -0.3 is 0 Å². The smallest absolute Gasteiger partial charge is 0.259 e. The van der Waals surface area contributed by atoms with E-state index in [1.54, 1.807) is 0 Å². The summed E-state index contributed by atoms with van der Waals surface area (Å²) in [4.78, 5) is 10.1. The Hall–Kier alpha value is -0.760. The van der Waals surface area contributed by atoms with E-state index in [2.05, 4.69) is 6.92 Å². The molecular formula is C19H36N2O4S2. The first-order valence-corrected chi connectivity index (χ1v) is 13.1. The fourth-order valence-corrected chi connectivity index (χ4v) is 6.17. The van der Waals surface area contributed by atoms with Gasteiger partial charge in [-0.2, -0.15) is 0 Å². The second-order valence-corrected chi connectivity index (χ2v) is 10.4. The van der Waals surface area contributed by atoms with Crippen molar-refractivity contribution in [3.63, 3.8) is 0 Å². The fourth-order valence-electron chi connectivity index (χ4n) is 3.27. The van der Waals surface area contributed by atoms with Crippen LogP contribution in [0.3, 0.4) is 0 Å². The fraction of sp³-hybridized carbons (Fsp3) is 0.895. The van der Waals surface area contributed by atoms with Crippen molar-refractivity contribution in [2.75, 3.05) is 18.1 Å². The monoisotopic (exact) mass is 420 g/mol. The highest BCUT2D eigenvalue weighted by molar-refractivity contribution is 8.04. The van der Waals surface area contributed by atoms with E-state index in [1.165, 1.54) is 73.9 Å². The van der Waals surface area contributed by atoms with E-state index >= 15 is 0 Å².